The van der Waals surface area contributed by atoms with E-state index < -0.39 is 0 Å². The zero-order valence-corrected chi connectivity index (χ0v) is 8.65. The molecular weight excluding hydrogens is 184 g/mol. The molecule has 1 fully saturated rings. The van der Waals surface area contributed by atoms with E-state index in [0.717, 1.165) is 32.1 Å². The second kappa shape index (κ2) is 6.08. The van der Waals surface area contributed by atoms with Crippen LogP contribution < -0.4 is 0 Å². The SMILES string of the molecule is O=C1OCCC1CCCCCC=S. The van der Waals surface area contributed by atoms with Crippen LogP contribution in [0.3, 0.4) is 0 Å². The van der Waals surface area contributed by atoms with Crippen molar-refractivity contribution < 1.29 is 9.53 Å². The maximum absolute atomic E-state index is 11.0. The number of ether oxygens (including phenoxy) is 1. The Morgan fingerprint density at radius 2 is 2.31 bits per heavy atom. The van der Waals surface area contributed by atoms with Crippen molar-refractivity contribution in [1.82, 2.24) is 0 Å². The summed E-state index contributed by atoms with van der Waals surface area (Å²) < 4.78 is 4.88. The average Bonchev–Trinajstić information content (AvgIpc) is 2.52. The molecule has 3 heteroatoms. The van der Waals surface area contributed by atoms with E-state index in [9.17, 15) is 4.79 Å². The quantitative estimate of drug-likeness (QED) is 0.374. The molecule has 0 spiro atoms. The highest BCUT2D eigenvalue weighted by atomic mass is 32.1. The zero-order valence-electron chi connectivity index (χ0n) is 7.83. The number of thiocarbonyl (C=S) groups is 1. The summed E-state index contributed by atoms with van der Waals surface area (Å²) in [6.45, 7) is 0.628. The van der Waals surface area contributed by atoms with E-state index in [0.29, 0.717) is 6.61 Å². The fourth-order valence-corrected chi connectivity index (χ4v) is 1.76. The molecule has 1 aliphatic heterocycles. The third kappa shape index (κ3) is 3.85. The zero-order chi connectivity index (χ0) is 9.52. The van der Waals surface area contributed by atoms with Crippen LogP contribution in [-0.2, 0) is 9.53 Å². The summed E-state index contributed by atoms with van der Waals surface area (Å²) in [5, 5.41) is 1.78. The first-order chi connectivity index (χ1) is 6.34. The fraction of sp³-hybridized carbons (Fsp3) is 0.800. The summed E-state index contributed by atoms with van der Waals surface area (Å²) in [5.41, 5.74) is 0. The highest BCUT2D eigenvalue weighted by Crippen LogP contribution is 2.20. The van der Waals surface area contributed by atoms with Crippen molar-refractivity contribution in [1.29, 1.82) is 0 Å². The Hall–Kier alpha value is -0.440. The van der Waals surface area contributed by atoms with Crippen LogP contribution in [0.5, 0.6) is 0 Å². The lowest BCUT2D eigenvalue weighted by Gasteiger charge is -2.03. The molecule has 1 heterocycles. The Labute approximate surface area is 84.7 Å². The van der Waals surface area contributed by atoms with Crippen LogP contribution in [0.4, 0.5) is 0 Å². The molecule has 0 radical (unpaired) electrons. The number of carbonyl (C=O) groups excluding carboxylic acids is 1. The van der Waals surface area contributed by atoms with Crippen molar-refractivity contribution in [2.75, 3.05) is 6.61 Å². The van der Waals surface area contributed by atoms with E-state index >= 15 is 0 Å². The predicted octanol–water partition coefficient (Wildman–Crippen LogP) is 2.50. The van der Waals surface area contributed by atoms with E-state index in [2.05, 4.69) is 0 Å². The Kier molecular flexibility index (Phi) is 4.98. The minimum Gasteiger partial charge on any atom is -0.465 e. The van der Waals surface area contributed by atoms with Gasteiger partial charge in [0.2, 0.25) is 0 Å². The van der Waals surface area contributed by atoms with Gasteiger partial charge >= 0.3 is 5.97 Å². The minimum absolute atomic E-state index is 0.00910. The summed E-state index contributed by atoms with van der Waals surface area (Å²) in [6, 6.07) is 0. The molecule has 2 nitrogen and oxygen atoms in total. The van der Waals surface area contributed by atoms with Gasteiger partial charge in [0.25, 0.3) is 0 Å². The largest absolute Gasteiger partial charge is 0.465 e. The third-order valence-electron chi connectivity index (χ3n) is 2.42. The first kappa shape index (κ1) is 10.6. The summed E-state index contributed by atoms with van der Waals surface area (Å²) in [5.74, 6) is 0.197. The number of esters is 1. The van der Waals surface area contributed by atoms with Crippen molar-refractivity contribution >= 4 is 23.6 Å². The Bertz CT molecular complexity index is 180. The van der Waals surface area contributed by atoms with Gasteiger partial charge in [-0.3, -0.25) is 4.79 Å². The molecule has 0 amide bonds. The molecule has 0 saturated carbocycles. The van der Waals surface area contributed by atoms with Gasteiger partial charge in [0.05, 0.1) is 12.5 Å². The lowest BCUT2D eigenvalue weighted by molar-refractivity contribution is -0.141. The lowest BCUT2D eigenvalue weighted by atomic mass is 10.00. The van der Waals surface area contributed by atoms with Gasteiger partial charge in [-0.05, 0) is 31.1 Å². The van der Waals surface area contributed by atoms with Crippen LogP contribution in [0.15, 0.2) is 0 Å². The smallest absolute Gasteiger partial charge is 0.309 e. The van der Waals surface area contributed by atoms with Gasteiger partial charge in [0.1, 0.15) is 0 Å². The first-order valence-corrected chi connectivity index (χ1v) is 5.42. The number of hydrogen-bond donors (Lipinski definition) is 0. The van der Waals surface area contributed by atoms with E-state index in [1.54, 1.807) is 5.37 Å². The van der Waals surface area contributed by atoms with Crippen LogP contribution >= 0.6 is 12.2 Å². The molecule has 1 saturated heterocycles. The second-order valence-corrected chi connectivity index (χ2v) is 3.79. The van der Waals surface area contributed by atoms with Gasteiger partial charge < -0.3 is 4.74 Å². The summed E-state index contributed by atoms with van der Waals surface area (Å²) in [7, 11) is 0. The number of hydrogen-bond acceptors (Lipinski definition) is 3. The van der Waals surface area contributed by atoms with Crippen LogP contribution in [0.1, 0.15) is 38.5 Å². The van der Waals surface area contributed by atoms with Crippen LogP contribution in [0.25, 0.3) is 0 Å². The molecule has 0 aliphatic carbocycles. The monoisotopic (exact) mass is 200 g/mol. The van der Waals surface area contributed by atoms with Gasteiger partial charge in [0.15, 0.2) is 0 Å². The molecule has 13 heavy (non-hydrogen) atoms. The molecule has 0 bridgehead atoms. The molecule has 0 aromatic carbocycles. The van der Waals surface area contributed by atoms with Gasteiger partial charge in [-0.2, -0.15) is 0 Å². The lowest BCUT2D eigenvalue weighted by Crippen LogP contribution is -2.06. The topological polar surface area (TPSA) is 26.3 Å². The Morgan fingerprint density at radius 3 is 2.92 bits per heavy atom. The predicted molar refractivity (Wildman–Crippen MR) is 55.8 cm³/mol. The van der Waals surface area contributed by atoms with E-state index in [-0.39, 0.29) is 11.9 Å². The molecule has 1 aliphatic rings. The summed E-state index contributed by atoms with van der Waals surface area (Å²) in [4.78, 5) is 11.0. The molecule has 1 rings (SSSR count). The van der Waals surface area contributed by atoms with Crippen molar-refractivity contribution in [2.24, 2.45) is 5.92 Å². The highest BCUT2D eigenvalue weighted by molar-refractivity contribution is 7.78. The van der Waals surface area contributed by atoms with Crippen LogP contribution in [0, 0.1) is 5.92 Å². The van der Waals surface area contributed by atoms with E-state index in [4.69, 9.17) is 17.0 Å². The summed E-state index contributed by atoms with van der Waals surface area (Å²) >= 11 is 4.73. The first-order valence-electron chi connectivity index (χ1n) is 4.95. The minimum atomic E-state index is 0.00910. The fourth-order valence-electron chi connectivity index (χ4n) is 1.59. The maximum atomic E-state index is 11.0. The third-order valence-corrected chi connectivity index (χ3v) is 2.65. The highest BCUT2D eigenvalue weighted by Gasteiger charge is 2.25. The van der Waals surface area contributed by atoms with E-state index in [1.807, 2.05) is 0 Å². The van der Waals surface area contributed by atoms with Crippen LogP contribution in [-0.4, -0.2) is 17.9 Å². The number of carbonyl (C=O) groups is 1. The van der Waals surface area contributed by atoms with Crippen LogP contribution in [0.2, 0.25) is 0 Å². The number of rotatable bonds is 6. The summed E-state index contributed by atoms with van der Waals surface area (Å²) in [6.07, 6.45) is 6.40. The molecule has 0 aromatic heterocycles. The van der Waals surface area contributed by atoms with Crippen molar-refractivity contribution in [3.05, 3.63) is 0 Å². The van der Waals surface area contributed by atoms with Gasteiger partial charge in [-0.1, -0.05) is 25.1 Å². The Balaban J connectivity index is 1.99. The molecule has 0 N–H and O–H groups in total. The van der Waals surface area contributed by atoms with E-state index in [1.165, 1.54) is 6.42 Å². The van der Waals surface area contributed by atoms with Gasteiger partial charge in [-0.25, -0.2) is 0 Å². The molecule has 0 aromatic rings. The molecule has 74 valence electrons. The molecule has 1 atom stereocenters. The average molecular weight is 200 g/mol. The van der Waals surface area contributed by atoms with Crippen molar-refractivity contribution in [3.63, 3.8) is 0 Å². The standard InChI is InChI=1S/C10H16O2S/c11-10-9(6-7-12-10)5-3-1-2-4-8-13/h8-9H,1-7H2. The number of unbranched alkanes of at least 4 members (excludes halogenated alkanes) is 3. The number of cyclic esters (lactones) is 1. The second-order valence-electron chi connectivity index (χ2n) is 3.46. The van der Waals surface area contributed by atoms with Crippen molar-refractivity contribution in [3.8, 4) is 0 Å². The maximum Gasteiger partial charge on any atom is 0.309 e. The normalized spacial score (nSPS) is 21.5. The van der Waals surface area contributed by atoms with Gasteiger partial charge in [-0.15, -0.1) is 0 Å². The molecular formula is C10H16O2S. The van der Waals surface area contributed by atoms with Gasteiger partial charge in [0, 0.05) is 0 Å². The van der Waals surface area contributed by atoms with Crippen molar-refractivity contribution in [2.45, 2.75) is 38.5 Å². The molecule has 1 unspecified atom stereocenters. The Morgan fingerprint density at radius 1 is 1.46 bits per heavy atom.